The first-order chi connectivity index (χ1) is 12.2. The summed E-state index contributed by atoms with van der Waals surface area (Å²) in [5, 5.41) is 18.1. The lowest BCUT2D eigenvalue weighted by Gasteiger charge is -2.22. The lowest BCUT2D eigenvalue weighted by Crippen LogP contribution is -2.39. The molecule has 0 bridgehead atoms. The minimum Gasteiger partial charge on any atom is -0.387 e. The SMILES string of the molecule is O=C(NCCC1CCCCO1)NCC(O)c1ccc2ccccc2c1. The summed E-state index contributed by atoms with van der Waals surface area (Å²) in [5.41, 5.74) is 0.801. The summed E-state index contributed by atoms with van der Waals surface area (Å²) in [7, 11) is 0. The number of aliphatic hydroxyl groups excluding tert-OH is 1. The quantitative estimate of drug-likeness (QED) is 0.755. The van der Waals surface area contributed by atoms with Crippen LogP contribution in [0.3, 0.4) is 0 Å². The van der Waals surface area contributed by atoms with Crippen LogP contribution >= 0.6 is 0 Å². The van der Waals surface area contributed by atoms with Gasteiger partial charge in [0.15, 0.2) is 0 Å². The highest BCUT2D eigenvalue weighted by molar-refractivity contribution is 5.83. The number of hydrogen-bond donors (Lipinski definition) is 3. The standard InChI is InChI=1S/C20H26N2O3/c23-19(17-9-8-15-5-1-2-6-16(15)13-17)14-22-20(24)21-11-10-18-7-3-4-12-25-18/h1-2,5-6,8-9,13,18-19,23H,3-4,7,10-12,14H2,(H2,21,22,24). The topological polar surface area (TPSA) is 70.6 Å². The Hall–Kier alpha value is -2.11. The number of carbonyl (C=O) groups excluding carboxylic acids is 1. The fourth-order valence-electron chi connectivity index (χ4n) is 3.17. The highest BCUT2D eigenvalue weighted by Crippen LogP contribution is 2.20. The first-order valence-corrected chi connectivity index (χ1v) is 9.02. The molecule has 1 aliphatic rings. The molecule has 0 aliphatic carbocycles. The molecule has 2 aromatic rings. The largest absolute Gasteiger partial charge is 0.387 e. The third-order valence-corrected chi connectivity index (χ3v) is 4.64. The van der Waals surface area contributed by atoms with Crippen molar-refractivity contribution in [2.45, 2.75) is 37.9 Å². The van der Waals surface area contributed by atoms with Crippen LogP contribution in [0.25, 0.3) is 10.8 Å². The Kier molecular flexibility index (Phi) is 6.25. The molecule has 0 saturated carbocycles. The molecular weight excluding hydrogens is 316 g/mol. The van der Waals surface area contributed by atoms with Crippen molar-refractivity contribution in [2.24, 2.45) is 0 Å². The molecule has 3 N–H and O–H groups in total. The van der Waals surface area contributed by atoms with Crippen LogP contribution in [0.1, 0.15) is 37.4 Å². The van der Waals surface area contributed by atoms with E-state index >= 15 is 0 Å². The van der Waals surface area contributed by atoms with Gasteiger partial charge in [0.25, 0.3) is 0 Å². The minimum absolute atomic E-state index is 0.185. The molecule has 25 heavy (non-hydrogen) atoms. The first-order valence-electron chi connectivity index (χ1n) is 9.02. The smallest absolute Gasteiger partial charge is 0.314 e. The lowest BCUT2D eigenvalue weighted by molar-refractivity contribution is 0.0120. The summed E-state index contributed by atoms with van der Waals surface area (Å²) in [5.74, 6) is 0. The monoisotopic (exact) mass is 342 g/mol. The van der Waals surface area contributed by atoms with Gasteiger partial charge in [-0.2, -0.15) is 0 Å². The van der Waals surface area contributed by atoms with Crippen molar-refractivity contribution in [2.75, 3.05) is 19.7 Å². The van der Waals surface area contributed by atoms with Crippen molar-refractivity contribution in [1.82, 2.24) is 10.6 Å². The van der Waals surface area contributed by atoms with Crippen LogP contribution in [0, 0.1) is 0 Å². The van der Waals surface area contributed by atoms with Gasteiger partial charge < -0.3 is 20.5 Å². The number of fused-ring (bicyclic) bond motifs is 1. The number of rotatable bonds is 6. The number of ether oxygens (including phenoxy) is 1. The number of urea groups is 1. The highest BCUT2D eigenvalue weighted by atomic mass is 16.5. The van der Waals surface area contributed by atoms with Crippen molar-refractivity contribution in [3.05, 3.63) is 48.0 Å². The molecule has 2 atom stereocenters. The van der Waals surface area contributed by atoms with Gasteiger partial charge in [0.1, 0.15) is 0 Å². The number of nitrogens with one attached hydrogen (secondary N) is 2. The first kappa shape index (κ1) is 17.7. The number of hydrogen-bond acceptors (Lipinski definition) is 3. The van der Waals surface area contributed by atoms with E-state index in [1.165, 1.54) is 6.42 Å². The van der Waals surface area contributed by atoms with Gasteiger partial charge in [-0.3, -0.25) is 0 Å². The summed E-state index contributed by atoms with van der Waals surface area (Å²) >= 11 is 0. The average molecular weight is 342 g/mol. The highest BCUT2D eigenvalue weighted by Gasteiger charge is 2.14. The van der Waals surface area contributed by atoms with Gasteiger partial charge in [-0.1, -0.05) is 36.4 Å². The Morgan fingerprint density at radius 1 is 1.16 bits per heavy atom. The minimum atomic E-state index is -0.725. The van der Waals surface area contributed by atoms with Crippen molar-refractivity contribution in [3.63, 3.8) is 0 Å². The summed E-state index contributed by atoms with van der Waals surface area (Å²) in [4.78, 5) is 11.9. The van der Waals surface area contributed by atoms with E-state index in [1.54, 1.807) is 0 Å². The molecule has 1 heterocycles. The molecule has 2 aromatic carbocycles. The van der Waals surface area contributed by atoms with Gasteiger partial charge in [-0.15, -0.1) is 0 Å². The van der Waals surface area contributed by atoms with E-state index in [0.29, 0.717) is 6.54 Å². The van der Waals surface area contributed by atoms with E-state index in [4.69, 9.17) is 4.74 Å². The van der Waals surface area contributed by atoms with E-state index < -0.39 is 6.10 Å². The molecule has 1 saturated heterocycles. The molecular formula is C20H26N2O3. The zero-order valence-corrected chi connectivity index (χ0v) is 14.4. The van der Waals surface area contributed by atoms with E-state index in [9.17, 15) is 9.90 Å². The summed E-state index contributed by atoms with van der Waals surface area (Å²) < 4.78 is 5.64. The molecule has 5 nitrogen and oxygen atoms in total. The van der Waals surface area contributed by atoms with Gasteiger partial charge in [0.2, 0.25) is 0 Å². The van der Waals surface area contributed by atoms with Gasteiger partial charge >= 0.3 is 6.03 Å². The van der Waals surface area contributed by atoms with Gasteiger partial charge in [0.05, 0.1) is 12.2 Å². The molecule has 0 spiro atoms. The van der Waals surface area contributed by atoms with Gasteiger partial charge in [-0.25, -0.2) is 4.79 Å². The molecule has 5 heteroatoms. The van der Waals surface area contributed by atoms with E-state index in [1.807, 2.05) is 42.5 Å². The normalized spacial score (nSPS) is 18.7. The number of carbonyl (C=O) groups is 1. The molecule has 1 aliphatic heterocycles. The van der Waals surface area contributed by atoms with Gasteiger partial charge in [0, 0.05) is 19.7 Å². The Balaban J connectivity index is 1.41. The van der Waals surface area contributed by atoms with Crippen molar-refractivity contribution in [1.29, 1.82) is 0 Å². The van der Waals surface area contributed by atoms with Crippen LogP contribution in [0.15, 0.2) is 42.5 Å². The molecule has 1 fully saturated rings. The molecule has 0 aromatic heterocycles. The van der Waals surface area contributed by atoms with Crippen LogP contribution in [0.2, 0.25) is 0 Å². The second-order valence-corrected chi connectivity index (χ2v) is 6.54. The van der Waals surface area contributed by atoms with Gasteiger partial charge in [-0.05, 0) is 48.1 Å². The maximum atomic E-state index is 11.9. The van der Waals surface area contributed by atoms with E-state index in [2.05, 4.69) is 10.6 Å². The molecule has 3 rings (SSSR count). The third kappa shape index (κ3) is 5.18. The molecule has 0 radical (unpaired) electrons. The predicted octanol–water partition coefficient (Wildman–Crippen LogP) is 3.13. The maximum Gasteiger partial charge on any atom is 0.314 e. The zero-order valence-electron chi connectivity index (χ0n) is 14.4. The molecule has 2 amide bonds. The van der Waals surface area contributed by atoms with Crippen molar-refractivity contribution < 1.29 is 14.6 Å². The number of benzene rings is 2. The Morgan fingerprint density at radius 3 is 2.80 bits per heavy atom. The predicted molar refractivity (Wildman–Crippen MR) is 98.5 cm³/mol. The summed E-state index contributed by atoms with van der Waals surface area (Å²) in [6, 6.07) is 13.6. The fraction of sp³-hybridized carbons (Fsp3) is 0.450. The number of amides is 2. The summed E-state index contributed by atoms with van der Waals surface area (Å²) in [6.07, 6.45) is 3.78. The maximum absolute atomic E-state index is 11.9. The number of aliphatic hydroxyl groups is 1. The van der Waals surface area contributed by atoms with Crippen molar-refractivity contribution >= 4 is 16.8 Å². The van der Waals surface area contributed by atoms with Crippen LogP contribution in [0.5, 0.6) is 0 Å². The van der Waals surface area contributed by atoms with Crippen LogP contribution < -0.4 is 10.6 Å². The van der Waals surface area contributed by atoms with Crippen LogP contribution in [-0.4, -0.2) is 36.9 Å². The summed E-state index contributed by atoms with van der Waals surface area (Å²) in [6.45, 7) is 1.60. The average Bonchev–Trinajstić information content (AvgIpc) is 2.66. The Labute approximate surface area is 148 Å². The Morgan fingerprint density at radius 2 is 2.00 bits per heavy atom. The second kappa shape index (κ2) is 8.83. The third-order valence-electron chi connectivity index (χ3n) is 4.64. The lowest BCUT2D eigenvalue weighted by atomic mass is 10.0. The van der Waals surface area contributed by atoms with Crippen LogP contribution in [0.4, 0.5) is 4.79 Å². The Bertz CT molecular complexity index is 698. The molecule has 2 unspecified atom stereocenters. The second-order valence-electron chi connectivity index (χ2n) is 6.54. The fourth-order valence-corrected chi connectivity index (χ4v) is 3.17. The van der Waals surface area contributed by atoms with Crippen LogP contribution in [-0.2, 0) is 4.74 Å². The molecule has 134 valence electrons. The zero-order chi connectivity index (χ0) is 17.5. The van der Waals surface area contributed by atoms with E-state index in [0.717, 1.165) is 42.2 Å². The van der Waals surface area contributed by atoms with Crippen molar-refractivity contribution in [3.8, 4) is 0 Å². The van der Waals surface area contributed by atoms with E-state index in [-0.39, 0.29) is 18.7 Å².